The first-order valence-corrected chi connectivity index (χ1v) is 5.92. The minimum absolute atomic E-state index is 0.118. The Morgan fingerprint density at radius 1 is 1.11 bits per heavy atom. The Kier molecular flexibility index (Phi) is 3.24. The molecule has 0 aliphatic heterocycles. The molecular weight excluding hydrogens is 226 g/mol. The lowest BCUT2D eigenvalue weighted by atomic mass is 10.1. The Hall–Kier alpha value is -2.03. The number of carbonyl (C=O) groups excluding carboxylic acids is 1. The number of hydrogen-bond donors (Lipinski definition) is 1. The molecule has 0 bridgehead atoms. The lowest BCUT2D eigenvalue weighted by molar-refractivity contribution is 0.102. The molecule has 0 aliphatic rings. The molecule has 3 nitrogen and oxygen atoms in total. The summed E-state index contributed by atoms with van der Waals surface area (Å²) < 4.78 is 5.25. The fourth-order valence-corrected chi connectivity index (χ4v) is 1.97. The van der Waals surface area contributed by atoms with Crippen molar-refractivity contribution in [2.24, 2.45) is 0 Å². The summed E-state index contributed by atoms with van der Waals surface area (Å²) in [6.07, 6.45) is 1.60. The lowest BCUT2D eigenvalue weighted by Gasteiger charge is -2.09. The maximum atomic E-state index is 12.2. The van der Waals surface area contributed by atoms with Crippen LogP contribution in [-0.4, -0.2) is 5.91 Å². The first-order valence-electron chi connectivity index (χ1n) is 5.92. The molecule has 0 fully saturated rings. The van der Waals surface area contributed by atoms with E-state index in [-0.39, 0.29) is 5.91 Å². The molecule has 0 radical (unpaired) electrons. The van der Waals surface area contributed by atoms with E-state index < -0.39 is 0 Å². The topological polar surface area (TPSA) is 42.2 Å². The molecule has 0 unspecified atom stereocenters. The van der Waals surface area contributed by atoms with Crippen LogP contribution in [0, 0.1) is 27.7 Å². The Bertz CT molecular complexity index is 577. The summed E-state index contributed by atoms with van der Waals surface area (Å²) in [7, 11) is 0. The average molecular weight is 243 g/mol. The number of rotatable bonds is 2. The summed E-state index contributed by atoms with van der Waals surface area (Å²) in [5, 5.41) is 2.94. The highest BCUT2D eigenvalue weighted by atomic mass is 16.3. The number of aryl methyl sites for hydroxylation is 4. The largest absolute Gasteiger partial charge is 0.469 e. The van der Waals surface area contributed by atoms with Gasteiger partial charge in [0.15, 0.2) is 0 Å². The van der Waals surface area contributed by atoms with Crippen LogP contribution in [0.1, 0.15) is 32.8 Å². The molecule has 1 N–H and O–H groups in total. The Balaban J connectivity index is 2.30. The van der Waals surface area contributed by atoms with Crippen LogP contribution in [0.25, 0.3) is 0 Å². The van der Waals surface area contributed by atoms with Crippen molar-refractivity contribution in [3.8, 4) is 0 Å². The third kappa shape index (κ3) is 2.30. The zero-order chi connectivity index (χ0) is 13.3. The van der Waals surface area contributed by atoms with Gasteiger partial charge >= 0.3 is 0 Å². The van der Waals surface area contributed by atoms with Gasteiger partial charge in [-0.3, -0.25) is 4.79 Å². The maximum absolute atomic E-state index is 12.2. The van der Waals surface area contributed by atoms with Gasteiger partial charge in [0, 0.05) is 11.3 Å². The van der Waals surface area contributed by atoms with E-state index in [4.69, 9.17) is 4.42 Å². The molecule has 0 saturated carbocycles. The van der Waals surface area contributed by atoms with Gasteiger partial charge in [0.2, 0.25) is 0 Å². The van der Waals surface area contributed by atoms with Crippen molar-refractivity contribution >= 4 is 11.6 Å². The standard InChI is InChI=1S/C15H17NO2/c1-9-5-6-10(2)13(7-9)16-15(17)14-11(3)8-18-12(14)4/h5-8H,1-4H3,(H,16,17). The van der Waals surface area contributed by atoms with Gasteiger partial charge in [-0.05, 0) is 44.9 Å². The molecule has 1 aromatic carbocycles. The van der Waals surface area contributed by atoms with Crippen LogP contribution >= 0.6 is 0 Å². The number of nitrogens with one attached hydrogen (secondary N) is 1. The van der Waals surface area contributed by atoms with E-state index >= 15 is 0 Å². The van der Waals surface area contributed by atoms with E-state index in [1.807, 2.05) is 39.0 Å². The summed E-state index contributed by atoms with van der Waals surface area (Å²) >= 11 is 0. The number of hydrogen-bond acceptors (Lipinski definition) is 2. The first-order chi connectivity index (χ1) is 8.49. The molecule has 1 amide bonds. The molecule has 1 aromatic heterocycles. The lowest BCUT2D eigenvalue weighted by Crippen LogP contribution is -2.14. The SMILES string of the molecule is Cc1ccc(C)c(NC(=O)c2c(C)coc2C)c1. The van der Waals surface area contributed by atoms with Crippen molar-refractivity contribution in [2.75, 3.05) is 5.32 Å². The van der Waals surface area contributed by atoms with Crippen molar-refractivity contribution in [3.63, 3.8) is 0 Å². The predicted octanol–water partition coefficient (Wildman–Crippen LogP) is 3.77. The second-order valence-electron chi connectivity index (χ2n) is 4.62. The fourth-order valence-electron chi connectivity index (χ4n) is 1.97. The van der Waals surface area contributed by atoms with E-state index in [0.29, 0.717) is 11.3 Å². The van der Waals surface area contributed by atoms with Gasteiger partial charge in [-0.15, -0.1) is 0 Å². The van der Waals surface area contributed by atoms with Crippen molar-refractivity contribution < 1.29 is 9.21 Å². The van der Waals surface area contributed by atoms with Gasteiger partial charge in [0.25, 0.3) is 5.91 Å². The molecule has 94 valence electrons. The summed E-state index contributed by atoms with van der Waals surface area (Å²) in [5.41, 5.74) is 4.50. The Morgan fingerprint density at radius 2 is 1.83 bits per heavy atom. The van der Waals surface area contributed by atoms with Crippen molar-refractivity contribution in [1.29, 1.82) is 0 Å². The van der Waals surface area contributed by atoms with E-state index in [2.05, 4.69) is 5.32 Å². The molecule has 0 atom stereocenters. The molecule has 0 spiro atoms. The zero-order valence-electron chi connectivity index (χ0n) is 11.1. The predicted molar refractivity (Wildman–Crippen MR) is 72.1 cm³/mol. The third-order valence-corrected chi connectivity index (χ3v) is 3.03. The van der Waals surface area contributed by atoms with Crippen molar-refractivity contribution in [3.05, 3.63) is 52.5 Å². The second-order valence-corrected chi connectivity index (χ2v) is 4.62. The monoisotopic (exact) mass is 243 g/mol. The van der Waals surface area contributed by atoms with E-state index in [1.165, 1.54) is 0 Å². The van der Waals surface area contributed by atoms with Crippen LogP contribution in [0.2, 0.25) is 0 Å². The Labute approximate surface area is 107 Å². The highest BCUT2D eigenvalue weighted by molar-refractivity contribution is 6.06. The van der Waals surface area contributed by atoms with Crippen molar-refractivity contribution in [1.82, 2.24) is 0 Å². The van der Waals surface area contributed by atoms with Gasteiger partial charge in [-0.2, -0.15) is 0 Å². The molecule has 2 aromatic rings. The van der Waals surface area contributed by atoms with Crippen molar-refractivity contribution in [2.45, 2.75) is 27.7 Å². The summed E-state index contributed by atoms with van der Waals surface area (Å²) in [6, 6.07) is 6.00. The van der Waals surface area contributed by atoms with E-state index in [0.717, 1.165) is 22.4 Å². The van der Waals surface area contributed by atoms with Crippen LogP contribution in [0.5, 0.6) is 0 Å². The van der Waals surface area contributed by atoms with Gasteiger partial charge in [0.05, 0.1) is 11.8 Å². The highest BCUT2D eigenvalue weighted by Crippen LogP contribution is 2.20. The normalized spacial score (nSPS) is 10.4. The molecular formula is C15H17NO2. The number of carbonyl (C=O) groups is 1. The average Bonchev–Trinajstić information content (AvgIpc) is 2.63. The third-order valence-electron chi connectivity index (χ3n) is 3.03. The van der Waals surface area contributed by atoms with Crippen LogP contribution in [-0.2, 0) is 0 Å². The van der Waals surface area contributed by atoms with Gasteiger partial charge in [0.1, 0.15) is 5.76 Å². The van der Waals surface area contributed by atoms with Crippen LogP contribution in [0.15, 0.2) is 28.9 Å². The van der Waals surface area contributed by atoms with Gasteiger partial charge in [-0.25, -0.2) is 0 Å². The molecule has 0 aliphatic carbocycles. The number of amides is 1. The number of anilines is 1. The van der Waals surface area contributed by atoms with Gasteiger partial charge < -0.3 is 9.73 Å². The smallest absolute Gasteiger partial charge is 0.259 e. The van der Waals surface area contributed by atoms with Gasteiger partial charge in [-0.1, -0.05) is 12.1 Å². The Morgan fingerprint density at radius 3 is 2.44 bits per heavy atom. The molecule has 2 rings (SSSR count). The van der Waals surface area contributed by atoms with Crippen LogP contribution in [0.3, 0.4) is 0 Å². The summed E-state index contributed by atoms with van der Waals surface area (Å²) in [4.78, 5) is 12.2. The quantitative estimate of drug-likeness (QED) is 0.872. The number of benzene rings is 1. The molecule has 0 saturated heterocycles. The van der Waals surface area contributed by atoms with E-state index in [9.17, 15) is 4.79 Å². The van der Waals surface area contributed by atoms with Crippen LogP contribution in [0.4, 0.5) is 5.69 Å². The minimum atomic E-state index is -0.118. The highest BCUT2D eigenvalue weighted by Gasteiger charge is 2.16. The molecule has 1 heterocycles. The second kappa shape index (κ2) is 4.69. The summed E-state index contributed by atoms with van der Waals surface area (Å²) in [6.45, 7) is 7.65. The fraction of sp³-hybridized carbons (Fsp3) is 0.267. The minimum Gasteiger partial charge on any atom is -0.469 e. The first kappa shape index (κ1) is 12.4. The number of furan rings is 1. The zero-order valence-corrected chi connectivity index (χ0v) is 11.1. The molecule has 18 heavy (non-hydrogen) atoms. The van der Waals surface area contributed by atoms with E-state index in [1.54, 1.807) is 13.2 Å². The van der Waals surface area contributed by atoms with Crippen LogP contribution < -0.4 is 5.32 Å². The summed E-state index contributed by atoms with van der Waals surface area (Å²) in [5.74, 6) is 0.530. The molecule has 3 heteroatoms. The maximum Gasteiger partial charge on any atom is 0.259 e.